The average molecular weight is 328 g/mol. The summed E-state index contributed by atoms with van der Waals surface area (Å²) < 4.78 is 81.2. The molecule has 0 spiro atoms. The van der Waals surface area contributed by atoms with E-state index in [1.54, 1.807) is 0 Å². The van der Waals surface area contributed by atoms with Gasteiger partial charge in [0.2, 0.25) is 6.10 Å². The van der Waals surface area contributed by atoms with Gasteiger partial charge in [-0.15, -0.1) is 0 Å². The summed E-state index contributed by atoms with van der Waals surface area (Å²) in [7, 11) is 0. The van der Waals surface area contributed by atoms with Gasteiger partial charge in [0.25, 0.3) is 0 Å². The molecule has 0 radical (unpaired) electrons. The summed E-state index contributed by atoms with van der Waals surface area (Å²) in [6.07, 6.45) is -10.4. The van der Waals surface area contributed by atoms with Crippen LogP contribution in [0.1, 0.15) is 6.92 Å². The molecule has 1 aliphatic carbocycles. The van der Waals surface area contributed by atoms with Crippen molar-refractivity contribution >= 4 is 5.97 Å². The highest BCUT2D eigenvalue weighted by Gasteiger charge is 2.51. The van der Waals surface area contributed by atoms with Crippen LogP contribution in [0.4, 0.5) is 26.3 Å². The quantitative estimate of drug-likeness (QED) is 0.748. The highest BCUT2D eigenvalue weighted by atomic mass is 19.4. The molecule has 3 unspecified atom stereocenters. The molecule has 0 saturated heterocycles. The summed E-state index contributed by atoms with van der Waals surface area (Å²) in [6, 6.07) is 0. The van der Waals surface area contributed by atoms with Gasteiger partial charge in [-0.25, -0.2) is 4.79 Å². The van der Waals surface area contributed by atoms with Gasteiger partial charge in [0.05, 0.1) is 11.1 Å². The lowest BCUT2D eigenvalue weighted by atomic mass is 9.81. The van der Waals surface area contributed by atoms with Gasteiger partial charge in [-0.05, 0) is 12.0 Å². The second kappa shape index (κ2) is 5.06. The first kappa shape index (κ1) is 16.4. The Balaban J connectivity index is 2.48. The van der Waals surface area contributed by atoms with Crippen LogP contribution in [0.15, 0.2) is 35.1 Å². The molecule has 0 bridgehead atoms. The number of aliphatic carboxylic acids is 1. The number of alkyl halides is 6. The Labute approximate surface area is 120 Å². The van der Waals surface area contributed by atoms with E-state index in [2.05, 4.69) is 4.74 Å². The van der Waals surface area contributed by atoms with E-state index < -0.39 is 53.2 Å². The lowest BCUT2D eigenvalue weighted by Gasteiger charge is -2.35. The van der Waals surface area contributed by atoms with Gasteiger partial charge in [0.1, 0.15) is 5.76 Å². The van der Waals surface area contributed by atoms with E-state index in [9.17, 15) is 31.1 Å². The van der Waals surface area contributed by atoms with Crippen LogP contribution in [0.5, 0.6) is 0 Å². The van der Waals surface area contributed by atoms with Crippen molar-refractivity contribution in [1.82, 2.24) is 0 Å². The minimum absolute atomic E-state index is 0.485. The molecular weight excluding hydrogens is 318 g/mol. The molecule has 2 rings (SSSR count). The molecule has 0 fully saturated rings. The summed E-state index contributed by atoms with van der Waals surface area (Å²) in [5, 5.41) is 8.87. The Morgan fingerprint density at radius 3 is 2.23 bits per heavy atom. The first-order chi connectivity index (χ1) is 9.91. The zero-order valence-electron chi connectivity index (χ0n) is 11.0. The predicted molar refractivity (Wildman–Crippen MR) is 61.5 cm³/mol. The molecule has 0 saturated carbocycles. The molecule has 0 aromatic carbocycles. The molecule has 22 heavy (non-hydrogen) atoms. The second-order valence-corrected chi connectivity index (χ2v) is 5.02. The Kier molecular flexibility index (Phi) is 3.78. The van der Waals surface area contributed by atoms with E-state index in [0.717, 1.165) is 12.2 Å². The molecule has 3 nitrogen and oxygen atoms in total. The monoisotopic (exact) mass is 328 g/mol. The number of fused-ring (bicyclic) bond motifs is 1. The fraction of sp³-hybridized carbons (Fsp3) is 0.462. The van der Waals surface area contributed by atoms with Crippen LogP contribution in [0.3, 0.4) is 0 Å². The third-order valence-corrected chi connectivity index (χ3v) is 3.40. The zero-order chi connectivity index (χ0) is 16.9. The lowest BCUT2D eigenvalue weighted by molar-refractivity contribution is -0.204. The number of hydrogen-bond donors (Lipinski definition) is 1. The Morgan fingerprint density at radius 1 is 1.18 bits per heavy atom. The van der Waals surface area contributed by atoms with Gasteiger partial charge < -0.3 is 9.84 Å². The number of carboxylic acid groups (broad SMARTS) is 1. The van der Waals surface area contributed by atoms with Crippen LogP contribution in [-0.4, -0.2) is 29.5 Å². The molecule has 1 N–H and O–H groups in total. The molecule has 0 aromatic heterocycles. The maximum atomic E-state index is 12.8. The van der Waals surface area contributed by atoms with E-state index in [-0.39, 0.29) is 0 Å². The number of rotatable bonds is 1. The van der Waals surface area contributed by atoms with Crippen LogP contribution in [0.25, 0.3) is 0 Å². The maximum Gasteiger partial charge on any atom is 0.429 e. The summed E-state index contributed by atoms with van der Waals surface area (Å²) in [5.41, 5.74) is -2.13. The Hall–Kier alpha value is -1.93. The standard InChI is InChI=1S/C13H10F6O3/c1-5-2-6(12(14,15)16)3-9-7(5)4-8(11(20)21)10(22-9)13(17,18)19/h2-5,7,10H,1H3,(H,20,21). The maximum absolute atomic E-state index is 12.8. The molecule has 9 heteroatoms. The minimum atomic E-state index is -5.04. The third kappa shape index (κ3) is 2.97. The van der Waals surface area contributed by atoms with Crippen molar-refractivity contribution in [3.63, 3.8) is 0 Å². The molecule has 1 heterocycles. The van der Waals surface area contributed by atoms with Crippen LogP contribution >= 0.6 is 0 Å². The van der Waals surface area contributed by atoms with Crippen molar-refractivity contribution in [2.45, 2.75) is 25.4 Å². The van der Waals surface area contributed by atoms with E-state index in [1.165, 1.54) is 6.92 Å². The number of carbonyl (C=O) groups is 1. The van der Waals surface area contributed by atoms with E-state index >= 15 is 0 Å². The summed E-state index contributed by atoms with van der Waals surface area (Å²) in [4.78, 5) is 11.0. The number of hydrogen-bond acceptors (Lipinski definition) is 2. The molecule has 0 amide bonds. The highest BCUT2D eigenvalue weighted by Crippen LogP contribution is 2.44. The zero-order valence-corrected chi connectivity index (χ0v) is 11.0. The van der Waals surface area contributed by atoms with Crippen molar-refractivity contribution in [3.05, 3.63) is 35.1 Å². The van der Waals surface area contributed by atoms with Crippen LogP contribution in [0, 0.1) is 11.8 Å². The fourth-order valence-electron chi connectivity index (χ4n) is 2.37. The van der Waals surface area contributed by atoms with Crippen molar-refractivity contribution in [2.24, 2.45) is 11.8 Å². The van der Waals surface area contributed by atoms with E-state index in [1.807, 2.05) is 0 Å². The van der Waals surface area contributed by atoms with Crippen molar-refractivity contribution in [3.8, 4) is 0 Å². The Morgan fingerprint density at radius 2 is 1.77 bits per heavy atom. The number of allylic oxidation sites excluding steroid dienone is 4. The van der Waals surface area contributed by atoms with Gasteiger partial charge in [-0.3, -0.25) is 0 Å². The van der Waals surface area contributed by atoms with Crippen molar-refractivity contribution in [1.29, 1.82) is 0 Å². The van der Waals surface area contributed by atoms with Gasteiger partial charge in [-0.1, -0.05) is 19.1 Å². The lowest BCUT2D eigenvalue weighted by Crippen LogP contribution is -2.41. The predicted octanol–water partition coefficient (Wildman–Crippen LogP) is 3.60. The second-order valence-electron chi connectivity index (χ2n) is 5.02. The van der Waals surface area contributed by atoms with Gasteiger partial charge >= 0.3 is 18.3 Å². The molecule has 0 aromatic rings. The van der Waals surface area contributed by atoms with Gasteiger partial charge in [0, 0.05) is 5.92 Å². The Bertz CT molecular complexity index is 582. The summed E-state index contributed by atoms with van der Waals surface area (Å²) in [5.74, 6) is -4.18. The summed E-state index contributed by atoms with van der Waals surface area (Å²) in [6.45, 7) is 1.34. The molecule has 1 aliphatic heterocycles. The summed E-state index contributed by atoms with van der Waals surface area (Å²) >= 11 is 0. The topological polar surface area (TPSA) is 46.5 Å². The molecule has 3 atom stereocenters. The van der Waals surface area contributed by atoms with Crippen LogP contribution < -0.4 is 0 Å². The molecular formula is C13H10F6O3. The first-order valence-corrected chi connectivity index (χ1v) is 6.10. The molecule has 2 aliphatic rings. The minimum Gasteiger partial charge on any atom is -0.480 e. The number of carboxylic acids is 1. The van der Waals surface area contributed by atoms with E-state index in [0.29, 0.717) is 6.08 Å². The largest absolute Gasteiger partial charge is 0.480 e. The van der Waals surface area contributed by atoms with E-state index in [4.69, 9.17) is 5.11 Å². The average Bonchev–Trinajstić information content (AvgIpc) is 2.34. The van der Waals surface area contributed by atoms with Crippen LogP contribution in [0.2, 0.25) is 0 Å². The van der Waals surface area contributed by atoms with Gasteiger partial charge in [0.15, 0.2) is 0 Å². The van der Waals surface area contributed by atoms with Crippen LogP contribution in [-0.2, 0) is 9.53 Å². The number of ether oxygens (including phenoxy) is 1. The normalized spacial score (nSPS) is 28.9. The highest BCUT2D eigenvalue weighted by molar-refractivity contribution is 5.88. The van der Waals surface area contributed by atoms with Gasteiger partial charge in [-0.2, -0.15) is 26.3 Å². The first-order valence-electron chi connectivity index (χ1n) is 6.10. The number of halogens is 6. The third-order valence-electron chi connectivity index (χ3n) is 3.40. The molecule has 122 valence electrons. The SMILES string of the molecule is CC1C=C(C(F)(F)F)C=C2OC(C(F)(F)F)C(C(=O)O)=CC21. The van der Waals surface area contributed by atoms with Crippen molar-refractivity contribution in [2.75, 3.05) is 0 Å². The smallest absolute Gasteiger partial charge is 0.429 e. The fourth-order valence-corrected chi connectivity index (χ4v) is 2.37. The van der Waals surface area contributed by atoms with Crippen molar-refractivity contribution < 1.29 is 41.0 Å².